The van der Waals surface area contributed by atoms with Crippen LogP contribution in [0.5, 0.6) is 11.5 Å². The molecule has 1 aromatic rings. The highest BCUT2D eigenvalue weighted by Crippen LogP contribution is 2.28. The van der Waals surface area contributed by atoms with Gasteiger partial charge in [-0.2, -0.15) is 0 Å². The van der Waals surface area contributed by atoms with E-state index in [9.17, 15) is 9.59 Å². The van der Waals surface area contributed by atoms with Gasteiger partial charge in [0.05, 0.1) is 41.0 Å². The van der Waals surface area contributed by atoms with Crippen LogP contribution >= 0.6 is 0 Å². The van der Waals surface area contributed by atoms with Gasteiger partial charge in [-0.05, 0) is 18.2 Å². The molecule has 8 nitrogen and oxygen atoms in total. The molecule has 27 heavy (non-hydrogen) atoms. The zero-order valence-electron chi connectivity index (χ0n) is 16.2. The lowest BCUT2D eigenvalue weighted by Gasteiger charge is -2.30. The first-order valence-corrected chi connectivity index (χ1v) is 8.97. The van der Waals surface area contributed by atoms with Crippen LogP contribution in [0.4, 0.5) is 0 Å². The second kappa shape index (κ2) is 10.7. The summed E-state index contributed by atoms with van der Waals surface area (Å²) in [5.41, 5.74) is 0.486. The largest absolute Gasteiger partial charge is 0.493 e. The number of morpholine rings is 1. The minimum absolute atomic E-state index is 0.151. The van der Waals surface area contributed by atoms with Crippen molar-refractivity contribution in [3.8, 4) is 11.5 Å². The summed E-state index contributed by atoms with van der Waals surface area (Å²) < 4.78 is 20.6. The van der Waals surface area contributed by atoms with Gasteiger partial charge in [0.1, 0.15) is 0 Å². The van der Waals surface area contributed by atoms with Gasteiger partial charge < -0.3 is 23.8 Å². The van der Waals surface area contributed by atoms with Crippen LogP contribution in [0.1, 0.15) is 16.8 Å². The summed E-state index contributed by atoms with van der Waals surface area (Å²) in [5.74, 6) is 0.549. The van der Waals surface area contributed by atoms with Gasteiger partial charge in [0.2, 0.25) is 0 Å². The molecule has 1 amide bonds. The molecule has 1 heterocycles. The third-order valence-electron chi connectivity index (χ3n) is 4.52. The molecule has 0 bridgehead atoms. The van der Waals surface area contributed by atoms with Crippen LogP contribution in [0.15, 0.2) is 18.2 Å². The first-order chi connectivity index (χ1) is 13.1. The third-order valence-corrected chi connectivity index (χ3v) is 4.52. The Labute approximate surface area is 159 Å². The van der Waals surface area contributed by atoms with Gasteiger partial charge in [0.25, 0.3) is 5.91 Å². The highest BCUT2D eigenvalue weighted by atomic mass is 16.5. The fourth-order valence-corrected chi connectivity index (χ4v) is 2.88. The van der Waals surface area contributed by atoms with Gasteiger partial charge in [0.15, 0.2) is 11.5 Å². The Bertz CT molecular complexity index is 631. The molecule has 0 radical (unpaired) electrons. The van der Waals surface area contributed by atoms with E-state index in [0.717, 1.165) is 19.6 Å². The Balaban J connectivity index is 2.09. The predicted octanol–water partition coefficient (Wildman–Crippen LogP) is 1.04. The van der Waals surface area contributed by atoms with E-state index in [1.807, 2.05) is 0 Å². The van der Waals surface area contributed by atoms with E-state index in [0.29, 0.717) is 43.4 Å². The van der Waals surface area contributed by atoms with Crippen molar-refractivity contribution in [1.82, 2.24) is 9.80 Å². The van der Waals surface area contributed by atoms with Gasteiger partial charge >= 0.3 is 5.97 Å². The molecule has 1 fully saturated rings. The molecule has 1 aromatic carbocycles. The van der Waals surface area contributed by atoms with E-state index < -0.39 is 0 Å². The average Bonchev–Trinajstić information content (AvgIpc) is 2.73. The lowest BCUT2D eigenvalue weighted by Crippen LogP contribution is -2.43. The van der Waals surface area contributed by atoms with Crippen molar-refractivity contribution in [2.45, 2.75) is 6.42 Å². The predicted molar refractivity (Wildman–Crippen MR) is 99.3 cm³/mol. The molecule has 1 saturated heterocycles. The number of hydrogen-bond acceptors (Lipinski definition) is 7. The fourth-order valence-electron chi connectivity index (χ4n) is 2.88. The molecule has 0 aromatic heterocycles. The summed E-state index contributed by atoms with van der Waals surface area (Å²) in [6.07, 6.45) is 0.151. The Morgan fingerprint density at radius 1 is 1.07 bits per heavy atom. The minimum atomic E-state index is -0.341. The van der Waals surface area contributed by atoms with Crippen LogP contribution in [-0.2, 0) is 14.3 Å². The molecule has 2 rings (SSSR count). The van der Waals surface area contributed by atoms with Crippen LogP contribution in [0.25, 0.3) is 0 Å². The smallest absolute Gasteiger partial charge is 0.307 e. The quantitative estimate of drug-likeness (QED) is 0.593. The first-order valence-electron chi connectivity index (χ1n) is 8.97. The molecule has 1 aliphatic heterocycles. The number of methoxy groups -OCH3 is 3. The average molecular weight is 380 g/mol. The van der Waals surface area contributed by atoms with Crippen LogP contribution in [0.3, 0.4) is 0 Å². The molecule has 0 N–H and O–H groups in total. The van der Waals surface area contributed by atoms with Gasteiger partial charge in [-0.1, -0.05) is 0 Å². The van der Waals surface area contributed by atoms with Gasteiger partial charge in [-0.15, -0.1) is 0 Å². The Kier molecular flexibility index (Phi) is 8.35. The minimum Gasteiger partial charge on any atom is -0.493 e. The number of carbonyl (C=O) groups excluding carboxylic acids is 2. The summed E-state index contributed by atoms with van der Waals surface area (Å²) in [6, 6.07) is 5.05. The molecule has 150 valence electrons. The number of rotatable bonds is 9. The molecule has 0 atom stereocenters. The fraction of sp³-hybridized carbons (Fsp3) is 0.579. The maximum absolute atomic E-state index is 13.0. The number of esters is 1. The Morgan fingerprint density at radius 3 is 2.41 bits per heavy atom. The molecule has 0 unspecified atom stereocenters. The summed E-state index contributed by atoms with van der Waals surface area (Å²) in [6.45, 7) is 4.63. The van der Waals surface area contributed by atoms with Gasteiger partial charge in [0, 0.05) is 38.3 Å². The summed E-state index contributed by atoms with van der Waals surface area (Å²) >= 11 is 0. The lowest BCUT2D eigenvalue weighted by atomic mass is 10.1. The number of nitrogens with zero attached hydrogens (tertiary/aromatic N) is 2. The molecule has 0 spiro atoms. The van der Waals surface area contributed by atoms with Crippen molar-refractivity contribution in [1.29, 1.82) is 0 Å². The van der Waals surface area contributed by atoms with Crippen molar-refractivity contribution in [2.75, 3.05) is 67.3 Å². The second-order valence-electron chi connectivity index (χ2n) is 6.14. The molecule has 0 saturated carbocycles. The lowest BCUT2D eigenvalue weighted by molar-refractivity contribution is -0.140. The first kappa shape index (κ1) is 21.0. The summed E-state index contributed by atoms with van der Waals surface area (Å²) in [4.78, 5) is 28.5. The van der Waals surface area contributed by atoms with Crippen molar-refractivity contribution >= 4 is 11.9 Å². The van der Waals surface area contributed by atoms with E-state index in [-0.39, 0.29) is 18.3 Å². The molecule has 1 aliphatic rings. The maximum Gasteiger partial charge on any atom is 0.307 e. The van der Waals surface area contributed by atoms with Gasteiger partial charge in [-0.3, -0.25) is 14.5 Å². The van der Waals surface area contributed by atoms with Crippen LogP contribution in [0, 0.1) is 0 Å². The second-order valence-corrected chi connectivity index (χ2v) is 6.14. The van der Waals surface area contributed by atoms with Gasteiger partial charge in [-0.25, -0.2) is 0 Å². The van der Waals surface area contributed by atoms with Crippen molar-refractivity contribution in [3.05, 3.63) is 23.8 Å². The molecular formula is C19H28N2O6. The highest BCUT2D eigenvalue weighted by molar-refractivity contribution is 5.95. The number of amides is 1. The Morgan fingerprint density at radius 2 is 1.78 bits per heavy atom. The summed E-state index contributed by atoms with van der Waals surface area (Å²) in [5, 5.41) is 0. The number of benzene rings is 1. The van der Waals surface area contributed by atoms with E-state index in [1.54, 1.807) is 30.2 Å². The normalized spacial score (nSPS) is 14.5. The maximum atomic E-state index is 13.0. The van der Waals surface area contributed by atoms with E-state index >= 15 is 0 Å². The van der Waals surface area contributed by atoms with Crippen molar-refractivity contribution < 1.29 is 28.5 Å². The third kappa shape index (κ3) is 6.11. The van der Waals surface area contributed by atoms with E-state index in [2.05, 4.69) is 4.90 Å². The monoisotopic (exact) mass is 380 g/mol. The topological polar surface area (TPSA) is 77.5 Å². The zero-order valence-corrected chi connectivity index (χ0v) is 16.2. The van der Waals surface area contributed by atoms with Crippen molar-refractivity contribution in [3.63, 3.8) is 0 Å². The number of ether oxygens (including phenoxy) is 4. The van der Waals surface area contributed by atoms with Crippen molar-refractivity contribution in [2.24, 2.45) is 0 Å². The van der Waals surface area contributed by atoms with Crippen LogP contribution in [0.2, 0.25) is 0 Å². The molecular weight excluding hydrogens is 352 g/mol. The zero-order chi connectivity index (χ0) is 19.6. The van der Waals surface area contributed by atoms with Crippen LogP contribution < -0.4 is 9.47 Å². The number of hydrogen-bond donors (Lipinski definition) is 0. The molecule has 0 aliphatic carbocycles. The highest BCUT2D eigenvalue weighted by Gasteiger charge is 2.20. The van der Waals surface area contributed by atoms with E-state index in [4.69, 9.17) is 18.9 Å². The summed E-state index contributed by atoms with van der Waals surface area (Å²) in [7, 11) is 4.42. The van der Waals surface area contributed by atoms with E-state index in [1.165, 1.54) is 14.2 Å². The van der Waals surface area contributed by atoms with Crippen LogP contribution in [-0.4, -0.2) is 88.9 Å². The SMILES string of the molecule is COC(=O)CCN(CCN1CCOCC1)C(=O)c1ccc(OC)c(OC)c1. The number of carbonyl (C=O) groups is 2. The standard InChI is InChI=1S/C19H28N2O6/c1-24-16-5-4-15(14-17(16)25-2)19(23)21(7-6-18(22)26-3)9-8-20-10-12-27-13-11-20/h4-5,14H,6-13H2,1-3H3. The molecule has 8 heteroatoms. The Hall–Kier alpha value is -2.32.